The molecule has 0 saturated heterocycles. The first kappa shape index (κ1) is 16.1. The Balaban J connectivity index is 2.55. The van der Waals surface area contributed by atoms with Crippen molar-refractivity contribution in [2.24, 2.45) is 5.92 Å². The van der Waals surface area contributed by atoms with E-state index in [1.165, 1.54) is 0 Å². The van der Waals surface area contributed by atoms with E-state index in [9.17, 15) is 9.59 Å². The van der Waals surface area contributed by atoms with Crippen molar-refractivity contribution in [1.82, 2.24) is 10.6 Å². The lowest BCUT2D eigenvalue weighted by Gasteiger charge is -2.18. The number of carbonyl (C=O) groups excluding carboxylic acids is 1. The second-order valence-corrected chi connectivity index (χ2v) is 5.31. The first-order chi connectivity index (χ1) is 9.29. The second-order valence-electron chi connectivity index (χ2n) is 5.31. The molecule has 2 atom stereocenters. The standard InChI is InChI=1S/C14H22N2O4/c1-8(2)7-11(13(17)18)16-14(19)15-10(4)12-6-5-9(3)20-12/h5-6,8,10-11H,7H2,1-4H3,(H,17,18)(H2,15,16,19)/t10?,11-/m1/s1. The van der Waals surface area contributed by atoms with E-state index < -0.39 is 18.0 Å². The van der Waals surface area contributed by atoms with Crippen LogP contribution in [0.4, 0.5) is 4.79 Å². The zero-order chi connectivity index (χ0) is 15.3. The highest BCUT2D eigenvalue weighted by Crippen LogP contribution is 2.15. The molecule has 0 aliphatic rings. The number of nitrogens with one attached hydrogen (secondary N) is 2. The van der Waals surface area contributed by atoms with Crippen LogP contribution in [0.15, 0.2) is 16.5 Å². The highest BCUT2D eigenvalue weighted by Gasteiger charge is 2.22. The van der Waals surface area contributed by atoms with E-state index >= 15 is 0 Å². The number of aliphatic carboxylic acids is 1. The number of furan rings is 1. The molecule has 2 amide bonds. The molecular formula is C14H22N2O4. The molecule has 6 nitrogen and oxygen atoms in total. The van der Waals surface area contributed by atoms with Gasteiger partial charge >= 0.3 is 12.0 Å². The molecule has 0 aromatic carbocycles. The molecule has 1 unspecified atom stereocenters. The maximum absolute atomic E-state index is 11.8. The molecule has 0 saturated carbocycles. The van der Waals surface area contributed by atoms with Crippen LogP contribution in [0, 0.1) is 12.8 Å². The van der Waals surface area contributed by atoms with Gasteiger partial charge < -0.3 is 20.2 Å². The van der Waals surface area contributed by atoms with Gasteiger partial charge in [0.15, 0.2) is 0 Å². The zero-order valence-electron chi connectivity index (χ0n) is 12.3. The van der Waals surface area contributed by atoms with E-state index in [1.807, 2.05) is 26.8 Å². The predicted molar refractivity (Wildman–Crippen MR) is 74.4 cm³/mol. The largest absolute Gasteiger partial charge is 0.480 e. The van der Waals surface area contributed by atoms with Crippen LogP contribution in [0.25, 0.3) is 0 Å². The Labute approximate surface area is 118 Å². The van der Waals surface area contributed by atoms with E-state index in [2.05, 4.69) is 10.6 Å². The minimum atomic E-state index is -1.03. The van der Waals surface area contributed by atoms with E-state index in [-0.39, 0.29) is 12.0 Å². The number of aryl methyl sites for hydroxylation is 1. The summed E-state index contributed by atoms with van der Waals surface area (Å²) in [5, 5.41) is 14.2. The van der Waals surface area contributed by atoms with Crippen molar-refractivity contribution in [2.45, 2.75) is 46.2 Å². The summed E-state index contributed by atoms with van der Waals surface area (Å²) in [5.41, 5.74) is 0. The fourth-order valence-corrected chi connectivity index (χ4v) is 1.85. The van der Waals surface area contributed by atoms with Crippen LogP contribution >= 0.6 is 0 Å². The summed E-state index contributed by atoms with van der Waals surface area (Å²) in [6.45, 7) is 7.41. The molecule has 20 heavy (non-hydrogen) atoms. The number of carbonyl (C=O) groups is 2. The fraction of sp³-hybridized carbons (Fsp3) is 0.571. The maximum Gasteiger partial charge on any atom is 0.326 e. The molecule has 0 aliphatic carbocycles. The molecule has 6 heteroatoms. The van der Waals surface area contributed by atoms with Crippen LogP contribution in [0.3, 0.4) is 0 Å². The average Bonchev–Trinajstić information content (AvgIpc) is 2.74. The second kappa shape index (κ2) is 6.98. The van der Waals surface area contributed by atoms with Crippen LogP contribution in [-0.2, 0) is 4.79 Å². The van der Waals surface area contributed by atoms with Gasteiger partial charge in [0.05, 0.1) is 6.04 Å². The molecule has 3 N–H and O–H groups in total. The lowest BCUT2D eigenvalue weighted by molar-refractivity contribution is -0.139. The van der Waals surface area contributed by atoms with Gasteiger partial charge in [-0.1, -0.05) is 13.8 Å². The highest BCUT2D eigenvalue weighted by molar-refractivity contribution is 5.82. The molecule has 0 aliphatic heterocycles. The van der Waals surface area contributed by atoms with Gasteiger partial charge in [-0.15, -0.1) is 0 Å². The zero-order valence-corrected chi connectivity index (χ0v) is 12.3. The number of hydrogen-bond acceptors (Lipinski definition) is 3. The number of hydrogen-bond donors (Lipinski definition) is 3. The summed E-state index contributed by atoms with van der Waals surface area (Å²) in [4.78, 5) is 22.9. The number of carboxylic acid groups (broad SMARTS) is 1. The molecule has 0 radical (unpaired) electrons. The van der Waals surface area contributed by atoms with Crippen LogP contribution in [-0.4, -0.2) is 23.1 Å². The molecule has 0 fully saturated rings. The Morgan fingerprint density at radius 1 is 1.25 bits per heavy atom. The average molecular weight is 282 g/mol. The van der Waals surface area contributed by atoms with Gasteiger partial charge in [-0.25, -0.2) is 9.59 Å². The van der Waals surface area contributed by atoms with Crippen molar-refractivity contribution in [3.63, 3.8) is 0 Å². The Bertz CT molecular complexity index is 467. The van der Waals surface area contributed by atoms with Gasteiger partial charge in [0.2, 0.25) is 0 Å². The maximum atomic E-state index is 11.8. The van der Waals surface area contributed by atoms with Crippen molar-refractivity contribution in [2.75, 3.05) is 0 Å². The lowest BCUT2D eigenvalue weighted by atomic mass is 10.0. The van der Waals surface area contributed by atoms with Gasteiger partial charge in [0.25, 0.3) is 0 Å². The number of rotatable bonds is 6. The summed E-state index contributed by atoms with van der Waals surface area (Å²) in [6.07, 6.45) is 0.386. The lowest BCUT2D eigenvalue weighted by Crippen LogP contribution is -2.47. The number of carboxylic acids is 1. The van der Waals surface area contributed by atoms with E-state index in [1.54, 1.807) is 13.0 Å². The normalized spacial score (nSPS) is 13.8. The SMILES string of the molecule is Cc1ccc(C(C)NC(=O)N[C@H](CC(C)C)C(=O)O)o1. The summed E-state index contributed by atoms with van der Waals surface area (Å²) in [7, 11) is 0. The molecule has 1 aromatic heterocycles. The van der Waals surface area contributed by atoms with Gasteiger partial charge in [0.1, 0.15) is 17.6 Å². The van der Waals surface area contributed by atoms with Crippen LogP contribution in [0.5, 0.6) is 0 Å². The molecule has 112 valence electrons. The first-order valence-electron chi connectivity index (χ1n) is 6.65. The predicted octanol–water partition coefficient (Wildman–Crippen LogP) is 2.45. The van der Waals surface area contributed by atoms with Crippen molar-refractivity contribution in [3.8, 4) is 0 Å². The first-order valence-corrected chi connectivity index (χ1v) is 6.65. The molecule has 0 spiro atoms. The summed E-state index contributed by atoms with van der Waals surface area (Å²) < 4.78 is 5.40. The van der Waals surface area contributed by atoms with Crippen molar-refractivity contribution in [1.29, 1.82) is 0 Å². The summed E-state index contributed by atoms with van der Waals surface area (Å²) >= 11 is 0. The quantitative estimate of drug-likeness (QED) is 0.747. The Morgan fingerprint density at radius 3 is 2.35 bits per heavy atom. The van der Waals surface area contributed by atoms with Gasteiger partial charge in [0, 0.05) is 0 Å². The van der Waals surface area contributed by atoms with Gasteiger partial charge in [-0.3, -0.25) is 0 Å². The van der Waals surface area contributed by atoms with Crippen LogP contribution in [0.1, 0.15) is 44.8 Å². The molecule has 0 bridgehead atoms. The molecule has 1 rings (SSSR count). The Morgan fingerprint density at radius 2 is 1.90 bits per heavy atom. The van der Waals surface area contributed by atoms with Gasteiger partial charge in [-0.2, -0.15) is 0 Å². The molecular weight excluding hydrogens is 260 g/mol. The van der Waals surface area contributed by atoms with E-state index in [0.717, 1.165) is 5.76 Å². The Hall–Kier alpha value is -1.98. The third kappa shape index (κ3) is 4.95. The van der Waals surface area contributed by atoms with Crippen LogP contribution in [0.2, 0.25) is 0 Å². The molecule has 1 aromatic rings. The minimum Gasteiger partial charge on any atom is -0.480 e. The minimum absolute atomic E-state index is 0.182. The third-order valence-corrected chi connectivity index (χ3v) is 2.85. The number of amides is 2. The van der Waals surface area contributed by atoms with Crippen molar-refractivity contribution >= 4 is 12.0 Å². The van der Waals surface area contributed by atoms with Crippen molar-refractivity contribution < 1.29 is 19.1 Å². The summed E-state index contributed by atoms with van der Waals surface area (Å²) in [5.74, 6) is 0.544. The van der Waals surface area contributed by atoms with Crippen molar-refractivity contribution in [3.05, 3.63) is 23.7 Å². The monoisotopic (exact) mass is 282 g/mol. The topological polar surface area (TPSA) is 91.6 Å². The fourth-order valence-electron chi connectivity index (χ4n) is 1.85. The van der Waals surface area contributed by atoms with Gasteiger partial charge in [-0.05, 0) is 38.3 Å². The third-order valence-electron chi connectivity index (χ3n) is 2.85. The summed E-state index contributed by atoms with van der Waals surface area (Å²) in [6, 6.07) is 1.87. The van der Waals surface area contributed by atoms with E-state index in [4.69, 9.17) is 9.52 Å². The molecule has 1 heterocycles. The Kier molecular flexibility index (Phi) is 5.61. The number of urea groups is 1. The van der Waals surface area contributed by atoms with Crippen LogP contribution < -0.4 is 10.6 Å². The smallest absolute Gasteiger partial charge is 0.326 e. The van der Waals surface area contributed by atoms with E-state index in [0.29, 0.717) is 12.2 Å². The highest BCUT2D eigenvalue weighted by atomic mass is 16.4.